The highest BCUT2D eigenvalue weighted by Gasteiger charge is 2.12. The van der Waals surface area contributed by atoms with Crippen molar-refractivity contribution < 1.29 is 24.2 Å². The average Bonchev–Trinajstić information content (AvgIpc) is 2.42. The number of methoxy groups -OCH3 is 1. The Morgan fingerprint density at radius 3 is 2.60 bits per heavy atom. The topological polar surface area (TPSA) is 76.1 Å². The Labute approximate surface area is 117 Å². The van der Waals surface area contributed by atoms with E-state index in [1.807, 2.05) is 19.1 Å². The summed E-state index contributed by atoms with van der Waals surface area (Å²) < 4.78 is 10.6. The highest BCUT2D eigenvalue weighted by atomic mass is 16.5. The number of likely N-dealkylation sites (N-methyl/N-ethyl adjacent to an activating group) is 1. The first kappa shape index (κ1) is 15.8. The van der Waals surface area contributed by atoms with Crippen LogP contribution in [0.5, 0.6) is 11.5 Å². The normalized spacial score (nSPS) is 9.95. The highest BCUT2D eigenvalue weighted by molar-refractivity contribution is 5.78. The lowest BCUT2D eigenvalue weighted by molar-refractivity contribution is -0.138. The Morgan fingerprint density at radius 1 is 1.30 bits per heavy atom. The second-order valence-electron chi connectivity index (χ2n) is 4.40. The summed E-state index contributed by atoms with van der Waals surface area (Å²) in [4.78, 5) is 23.5. The van der Waals surface area contributed by atoms with Gasteiger partial charge in [-0.15, -0.1) is 0 Å². The fraction of sp³-hybridized carbons (Fsp3) is 0.429. The van der Waals surface area contributed by atoms with Crippen molar-refractivity contribution in [3.05, 3.63) is 23.8 Å². The Kier molecular flexibility index (Phi) is 5.83. The molecule has 0 heterocycles. The summed E-state index contributed by atoms with van der Waals surface area (Å²) in [7, 11) is 3.07. The van der Waals surface area contributed by atoms with Crippen molar-refractivity contribution in [1.29, 1.82) is 0 Å². The molecule has 0 aliphatic carbocycles. The second kappa shape index (κ2) is 7.37. The van der Waals surface area contributed by atoms with Crippen molar-refractivity contribution in [3.8, 4) is 11.5 Å². The lowest BCUT2D eigenvalue weighted by Crippen LogP contribution is -2.33. The van der Waals surface area contributed by atoms with Crippen LogP contribution >= 0.6 is 0 Å². The lowest BCUT2D eigenvalue weighted by Gasteiger charge is -2.17. The minimum Gasteiger partial charge on any atom is -0.493 e. The number of aryl methyl sites for hydroxylation is 1. The number of hydrogen-bond donors (Lipinski definition) is 1. The van der Waals surface area contributed by atoms with Gasteiger partial charge in [-0.2, -0.15) is 0 Å². The maximum atomic E-state index is 11.8. The molecule has 0 spiro atoms. The molecule has 0 unspecified atom stereocenters. The molecule has 0 aromatic heterocycles. The van der Waals surface area contributed by atoms with Gasteiger partial charge >= 0.3 is 5.97 Å². The summed E-state index contributed by atoms with van der Waals surface area (Å²) >= 11 is 0. The molecule has 1 aromatic carbocycles. The fourth-order valence-corrected chi connectivity index (χ4v) is 1.53. The standard InChI is InChI=1S/C14H19NO5/c1-10-4-5-11(12(8-10)19-3)20-9-13(16)15(2)7-6-14(17)18/h4-5,8H,6-7,9H2,1-3H3,(H,17,18). The van der Waals surface area contributed by atoms with Crippen molar-refractivity contribution >= 4 is 11.9 Å². The Hall–Kier alpha value is -2.24. The maximum absolute atomic E-state index is 11.8. The van der Waals surface area contributed by atoms with E-state index in [1.54, 1.807) is 13.1 Å². The van der Waals surface area contributed by atoms with Crippen LogP contribution in [-0.2, 0) is 9.59 Å². The number of nitrogens with zero attached hydrogens (tertiary/aromatic N) is 1. The van der Waals surface area contributed by atoms with Crippen LogP contribution in [0.2, 0.25) is 0 Å². The number of amides is 1. The van der Waals surface area contributed by atoms with Gasteiger partial charge in [-0.05, 0) is 24.6 Å². The molecule has 0 radical (unpaired) electrons. The van der Waals surface area contributed by atoms with Crippen molar-refractivity contribution in [2.75, 3.05) is 27.3 Å². The van der Waals surface area contributed by atoms with Crippen molar-refractivity contribution in [3.63, 3.8) is 0 Å². The summed E-state index contributed by atoms with van der Waals surface area (Å²) in [5.41, 5.74) is 1.03. The number of carbonyl (C=O) groups is 2. The molecule has 0 aliphatic heterocycles. The Bertz CT molecular complexity index is 486. The van der Waals surface area contributed by atoms with Gasteiger partial charge < -0.3 is 19.5 Å². The molecule has 1 aromatic rings. The zero-order valence-corrected chi connectivity index (χ0v) is 11.9. The van der Waals surface area contributed by atoms with Gasteiger partial charge in [-0.25, -0.2) is 0 Å². The summed E-state index contributed by atoms with van der Waals surface area (Å²) in [5, 5.41) is 8.56. The van der Waals surface area contributed by atoms with Crippen LogP contribution in [-0.4, -0.2) is 49.2 Å². The molecule has 0 fully saturated rings. The van der Waals surface area contributed by atoms with Gasteiger partial charge in [0, 0.05) is 13.6 Å². The number of rotatable bonds is 7. The van der Waals surface area contributed by atoms with E-state index in [9.17, 15) is 9.59 Å². The summed E-state index contributed by atoms with van der Waals surface area (Å²) in [6.45, 7) is 1.93. The van der Waals surface area contributed by atoms with Crippen LogP contribution in [0, 0.1) is 6.92 Å². The zero-order chi connectivity index (χ0) is 15.1. The number of carboxylic acids is 1. The molecular formula is C14H19NO5. The van der Waals surface area contributed by atoms with E-state index in [0.717, 1.165) is 5.56 Å². The quantitative estimate of drug-likeness (QED) is 0.815. The summed E-state index contributed by atoms with van der Waals surface area (Å²) in [6, 6.07) is 5.41. The average molecular weight is 281 g/mol. The first-order chi connectivity index (χ1) is 9.43. The number of hydrogen-bond acceptors (Lipinski definition) is 4. The predicted octanol–water partition coefficient (Wildman–Crippen LogP) is 1.32. The highest BCUT2D eigenvalue weighted by Crippen LogP contribution is 2.27. The van der Waals surface area contributed by atoms with Crippen LogP contribution in [0.1, 0.15) is 12.0 Å². The van der Waals surface area contributed by atoms with Crippen LogP contribution < -0.4 is 9.47 Å². The molecule has 0 saturated heterocycles. The molecule has 0 atom stereocenters. The van der Waals surface area contributed by atoms with Gasteiger partial charge in [0.2, 0.25) is 0 Å². The minimum atomic E-state index is -0.939. The molecule has 1 rings (SSSR count). The van der Waals surface area contributed by atoms with Gasteiger partial charge in [-0.3, -0.25) is 9.59 Å². The summed E-state index contributed by atoms with van der Waals surface area (Å²) in [6.07, 6.45) is -0.0872. The van der Waals surface area contributed by atoms with Crippen molar-refractivity contribution in [1.82, 2.24) is 4.90 Å². The fourth-order valence-electron chi connectivity index (χ4n) is 1.53. The smallest absolute Gasteiger partial charge is 0.305 e. The third-order valence-electron chi connectivity index (χ3n) is 2.76. The molecule has 6 heteroatoms. The van der Waals surface area contributed by atoms with E-state index >= 15 is 0 Å². The number of benzene rings is 1. The van der Waals surface area contributed by atoms with Gasteiger partial charge in [0.1, 0.15) is 0 Å². The lowest BCUT2D eigenvalue weighted by atomic mass is 10.2. The largest absolute Gasteiger partial charge is 0.493 e. The summed E-state index contributed by atoms with van der Waals surface area (Å²) in [5.74, 6) is -0.177. The molecule has 1 amide bonds. The van der Waals surface area contributed by atoms with Gasteiger partial charge in [0.05, 0.1) is 13.5 Å². The Balaban J connectivity index is 2.54. The molecule has 0 saturated carbocycles. The minimum absolute atomic E-state index is 0.0872. The number of ether oxygens (including phenoxy) is 2. The van der Waals surface area contributed by atoms with E-state index in [1.165, 1.54) is 12.0 Å². The van der Waals surface area contributed by atoms with E-state index in [-0.39, 0.29) is 25.5 Å². The van der Waals surface area contributed by atoms with E-state index in [0.29, 0.717) is 11.5 Å². The van der Waals surface area contributed by atoms with Gasteiger partial charge in [0.25, 0.3) is 5.91 Å². The monoisotopic (exact) mass is 281 g/mol. The van der Waals surface area contributed by atoms with Crippen molar-refractivity contribution in [2.24, 2.45) is 0 Å². The number of carboxylic acid groups (broad SMARTS) is 1. The van der Waals surface area contributed by atoms with Crippen LogP contribution in [0.3, 0.4) is 0 Å². The molecule has 6 nitrogen and oxygen atoms in total. The van der Waals surface area contributed by atoms with Crippen LogP contribution in [0.25, 0.3) is 0 Å². The predicted molar refractivity (Wildman–Crippen MR) is 73.1 cm³/mol. The third kappa shape index (κ3) is 4.79. The Morgan fingerprint density at radius 2 is 2.00 bits per heavy atom. The van der Waals surface area contributed by atoms with E-state index in [2.05, 4.69) is 0 Å². The third-order valence-corrected chi connectivity index (χ3v) is 2.76. The van der Waals surface area contributed by atoms with Gasteiger partial charge in [-0.1, -0.05) is 6.07 Å². The first-order valence-electron chi connectivity index (χ1n) is 6.17. The first-order valence-corrected chi connectivity index (χ1v) is 6.17. The van der Waals surface area contributed by atoms with Gasteiger partial charge in [0.15, 0.2) is 18.1 Å². The molecular weight excluding hydrogens is 262 g/mol. The van der Waals surface area contributed by atoms with E-state index in [4.69, 9.17) is 14.6 Å². The second-order valence-corrected chi connectivity index (χ2v) is 4.40. The molecule has 20 heavy (non-hydrogen) atoms. The maximum Gasteiger partial charge on any atom is 0.305 e. The van der Waals surface area contributed by atoms with Crippen LogP contribution in [0.15, 0.2) is 18.2 Å². The molecule has 110 valence electrons. The molecule has 0 aliphatic rings. The van der Waals surface area contributed by atoms with Crippen LogP contribution in [0.4, 0.5) is 0 Å². The van der Waals surface area contributed by atoms with Crippen molar-refractivity contribution in [2.45, 2.75) is 13.3 Å². The molecule has 1 N–H and O–H groups in total. The molecule has 0 bridgehead atoms. The SMILES string of the molecule is COc1cc(C)ccc1OCC(=O)N(C)CCC(=O)O. The van der Waals surface area contributed by atoms with E-state index < -0.39 is 5.97 Å². The number of carbonyl (C=O) groups excluding carboxylic acids is 1. The zero-order valence-electron chi connectivity index (χ0n) is 11.9. The number of aliphatic carboxylic acids is 1.